The van der Waals surface area contributed by atoms with Crippen molar-refractivity contribution in [1.82, 2.24) is 4.90 Å². The number of carbonyl (C=O) groups excluding carboxylic acids is 1. The molecule has 0 aliphatic carbocycles. The van der Waals surface area contributed by atoms with Crippen molar-refractivity contribution >= 4 is 5.91 Å². The molecule has 1 aromatic rings. The van der Waals surface area contributed by atoms with Crippen molar-refractivity contribution in [3.63, 3.8) is 0 Å². The van der Waals surface area contributed by atoms with E-state index in [2.05, 4.69) is 0 Å². The normalized spacial score (nSPS) is 11.8. The molecule has 4 nitrogen and oxygen atoms in total. The van der Waals surface area contributed by atoms with Crippen molar-refractivity contribution in [2.75, 3.05) is 27.3 Å². The molecule has 0 aliphatic heterocycles. The maximum Gasteiger partial charge on any atom is 0.223 e. The van der Waals surface area contributed by atoms with E-state index in [-0.39, 0.29) is 11.8 Å². The van der Waals surface area contributed by atoms with Crippen LogP contribution in [0.4, 0.5) is 0 Å². The quantitative estimate of drug-likeness (QED) is 0.770. The first kappa shape index (κ1) is 16.3. The highest BCUT2D eigenvalue weighted by Crippen LogP contribution is 2.32. The molecule has 4 heteroatoms. The first-order chi connectivity index (χ1) is 9.57. The molecule has 1 aromatic carbocycles. The molecule has 0 spiro atoms. The second kappa shape index (κ2) is 7.78. The maximum atomic E-state index is 12.2. The monoisotopic (exact) mass is 279 g/mol. The highest BCUT2D eigenvalue weighted by molar-refractivity contribution is 5.77. The summed E-state index contributed by atoms with van der Waals surface area (Å²) in [6.07, 6.45) is 0.490. The third-order valence-electron chi connectivity index (χ3n) is 3.57. The first-order valence-electron chi connectivity index (χ1n) is 7.07. The van der Waals surface area contributed by atoms with Gasteiger partial charge in [-0.25, -0.2) is 0 Å². The third kappa shape index (κ3) is 3.89. The molecule has 0 N–H and O–H groups in total. The zero-order valence-electron chi connectivity index (χ0n) is 13.1. The van der Waals surface area contributed by atoms with Crippen LogP contribution >= 0.6 is 0 Å². The lowest BCUT2D eigenvalue weighted by Crippen LogP contribution is -2.31. The summed E-state index contributed by atoms with van der Waals surface area (Å²) in [7, 11) is 3.26. The average Bonchev–Trinajstić information content (AvgIpc) is 2.47. The van der Waals surface area contributed by atoms with Gasteiger partial charge in [-0.15, -0.1) is 0 Å². The smallest absolute Gasteiger partial charge is 0.223 e. The Balaban J connectivity index is 2.86. The molecule has 0 aliphatic rings. The summed E-state index contributed by atoms with van der Waals surface area (Å²) in [5.41, 5.74) is 1.04. The van der Waals surface area contributed by atoms with Crippen molar-refractivity contribution in [2.45, 2.75) is 33.1 Å². The van der Waals surface area contributed by atoms with Crippen molar-refractivity contribution < 1.29 is 14.3 Å². The topological polar surface area (TPSA) is 38.8 Å². The van der Waals surface area contributed by atoms with Crippen LogP contribution in [0.1, 0.15) is 38.7 Å². The van der Waals surface area contributed by atoms with E-state index in [0.717, 1.165) is 30.2 Å². The van der Waals surface area contributed by atoms with Gasteiger partial charge in [-0.3, -0.25) is 4.79 Å². The van der Waals surface area contributed by atoms with Gasteiger partial charge in [0.25, 0.3) is 0 Å². The Morgan fingerprint density at radius 2 is 1.85 bits per heavy atom. The summed E-state index contributed by atoms with van der Waals surface area (Å²) in [5, 5.41) is 0. The Labute approximate surface area is 121 Å². The van der Waals surface area contributed by atoms with Gasteiger partial charge in [-0.1, -0.05) is 13.0 Å². The predicted molar refractivity (Wildman–Crippen MR) is 80.5 cm³/mol. The second-order valence-electron chi connectivity index (χ2n) is 4.78. The highest BCUT2D eigenvalue weighted by atomic mass is 16.5. The number of ether oxygens (including phenoxy) is 2. The number of hydrogen-bond acceptors (Lipinski definition) is 3. The van der Waals surface area contributed by atoms with Crippen LogP contribution in [-0.4, -0.2) is 38.1 Å². The molecule has 0 aromatic heterocycles. The van der Waals surface area contributed by atoms with E-state index in [9.17, 15) is 4.79 Å². The average molecular weight is 279 g/mol. The lowest BCUT2D eigenvalue weighted by atomic mass is 9.96. The van der Waals surface area contributed by atoms with E-state index in [1.54, 1.807) is 14.2 Å². The van der Waals surface area contributed by atoms with Crippen molar-refractivity contribution in [2.24, 2.45) is 0 Å². The van der Waals surface area contributed by atoms with E-state index in [0.29, 0.717) is 6.42 Å². The van der Waals surface area contributed by atoms with Gasteiger partial charge in [0.2, 0.25) is 5.91 Å². The van der Waals surface area contributed by atoms with Crippen LogP contribution in [0.15, 0.2) is 18.2 Å². The molecule has 20 heavy (non-hydrogen) atoms. The zero-order valence-corrected chi connectivity index (χ0v) is 13.1. The SMILES string of the molecule is CCN(CC)C(=O)CC(C)c1ccc(OC)cc1OC. The van der Waals surface area contributed by atoms with Gasteiger partial charge in [-0.05, 0) is 31.4 Å². The summed E-state index contributed by atoms with van der Waals surface area (Å²) in [6, 6.07) is 5.72. The summed E-state index contributed by atoms with van der Waals surface area (Å²) < 4.78 is 10.6. The van der Waals surface area contributed by atoms with Crippen LogP contribution in [0.2, 0.25) is 0 Å². The summed E-state index contributed by atoms with van der Waals surface area (Å²) in [6.45, 7) is 7.55. The van der Waals surface area contributed by atoms with Crippen LogP contribution in [-0.2, 0) is 4.79 Å². The zero-order chi connectivity index (χ0) is 15.1. The summed E-state index contributed by atoms with van der Waals surface area (Å²) >= 11 is 0. The van der Waals surface area contributed by atoms with E-state index in [4.69, 9.17) is 9.47 Å². The Morgan fingerprint density at radius 1 is 1.20 bits per heavy atom. The Bertz CT molecular complexity index is 441. The Morgan fingerprint density at radius 3 is 2.35 bits per heavy atom. The molecular formula is C16H25NO3. The van der Waals surface area contributed by atoms with Gasteiger partial charge in [0.15, 0.2) is 0 Å². The van der Waals surface area contributed by atoms with E-state index < -0.39 is 0 Å². The maximum absolute atomic E-state index is 12.2. The van der Waals surface area contributed by atoms with Crippen molar-refractivity contribution in [1.29, 1.82) is 0 Å². The number of benzene rings is 1. The third-order valence-corrected chi connectivity index (χ3v) is 3.57. The largest absolute Gasteiger partial charge is 0.497 e. The lowest BCUT2D eigenvalue weighted by molar-refractivity contribution is -0.131. The van der Waals surface area contributed by atoms with E-state index in [1.165, 1.54) is 0 Å². The van der Waals surface area contributed by atoms with Crippen molar-refractivity contribution in [3.8, 4) is 11.5 Å². The Hall–Kier alpha value is -1.71. The standard InChI is InChI=1S/C16H25NO3/c1-6-17(7-2)16(18)10-12(3)14-9-8-13(19-4)11-15(14)20-5/h8-9,11-12H,6-7,10H2,1-5H3. The molecule has 1 unspecified atom stereocenters. The molecule has 1 amide bonds. The highest BCUT2D eigenvalue weighted by Gasteiger charge is 2.18. The molecule has 1 rings (SSSR count). The number of amides is 1. The van der Waals surface area contributed by atoms with Gasteiger partial charge in [0, 0.05) is 25.6 Å². The summed E-state index contributed by atoms with van der Waals surface area (Å²) in [5.74, 6) is 1.82. The van der Waals surface area contributed by atoms with Crippen LogP contribution in [0.25, 0.3) is 0 Å². The molecule has 0 saturated heterocycles. The molecule has 0 bridgehead atoms. The molecule has 112 valence electrons. The van der Waals surface area contributed by atoms with Gasteiger partial charge in [0.05, 0.1) is 14.2 Å². The first-order valence-corrected chi connectivity index (χ1v) is 7.07. The van der Waals surface area contributed by atoms with E-state index in [1.807, 2.05) is 43.9 Å². The molecule has 0 fully saturated rings. The molecular weight excluding hydrogens is 254 g/mol. The fourth-order valence-corrected chi connectivity index (χ4v) is 2.30. The van der Waals surface area contributed by atoms with Crippen LogP contribution in [0, 0.1) is 0 Å². The van der Waals surface area contributed by atoms with Gasteiger partial charge in [0.1, 0.15) is 11.5 Å². The fraction of sp³-hybridized carbons (Fsp3) is 0.562. The number of methoxy groups -OCH3 is 2. The van der Waals surface area contributed by atoms with Gasteiger partial charge < -0.3 is 14.4 Å². The van der Waals surface area contributed by atoms with Crippen LogP contribution < -0.4 is 9.47 Å². The predicted octanol–water partition coefficient (Wildman–Crippen LogP) is 3.07. The van der Waals surface area contributed by atoms with Gasteiger partial charge in [-0.2, -0.15) is 0 Å². The van der Waals surface area contributed by atoms with E-state index >= 15 is 0 Å². The Kier molecular flexibility index (Phi) is 6.36. The number of hydrogen-bond donors (Lipinski definition) is 0. The number of rotatable bonds is 7. The summed E-state index contributed by atoms with van der Waals surface area (Å²) in [4.78, 5) is 14.0. The van der Waals surface area contributed by atoms with Gasteiger partial charge >= 0.3 is 0 Å². The number of nitrogens with zero attached hydrogens (tertiary/aromatic N) is 1. The van der Waals surface area contributed by atoms with Crippen LogP contribution in [0.5, 0.6) is 11.5 Å². The van der Waals surface area contributed by atoms with Crippen molar-refractivity contribution in [3.05, 3.63) is 23.8 Å². The second-order valence-corrected chi connectivity index (χ2v) is 4.78. The minimum atomic E-state index is 0.115. The molecule has 0 saturated carbocycles. The minimum Gasteiger partial charge on any atom is -0.497 e. The number of carbonyl (C=O) groups is 1. The molecule has 1 atom stereocenters. The molecule has 0 heterocycles. The fourth-order valence-electron chi connectivity index (χ4n) is 2.30. The van der Waals surface area contributed by atoms with Crippen LogP contribution in [0.3, 0.4) is 0 Å². The lowest BCUT2D eigenvalue weighted by Gasteiger charge is -2.22. The molecule has 0 radical (unpaired) electrons. The minimum absolute atomic E-state index is 0.115.